The predicted octanol–water partition coefficient (Wildman–Crippen LogP) is 3.51. The zero-order valence-corrected chi connectivity index (χ0v) is 15.3. The van der Waals surface area contributed by atoms with Gasteiger partial charge in [0.25, 0.3) is 0 Å². The van der Waals surface area contributed by atoms with Crippen LogP contribution >= 0.6 is 11.6 Å². The third-order valence-corrected chi connectivity index (χ3v) is 4.97. The molecule has 1 saturated heterocycles. The summed E-state index contributed by atoms with van der Waals surface area (Å²) in [6, 6.07) is 16.6. The molecule has 1 aliphatic rings. The van der Waals surface area contributed by atoms with Gasteiger partial charge in [0.1, 0.15) is 5.75 Å². The van der Waals surface area contributed by atoms with E-state index in [0.29, 0.717) is 6.04 Å². The fraction of sp³-hybridized carbons (Fsp3) is 0.400. The molecule has 0 aromatic heterocycles. The molecule has 1 heterocycles. The van der Waals surface area contributed by atoms with Crippen molar-refractivity contribution >= 4 is 11.6 Å². The summed E-state index contributed by atoms with van der Waals surface area (Å²) in [6.45, 7) is 5.09. The quantitative estimate of drug-likeness (QED) is 0.819. The van der Waals surface area contributed by atoms with Gasteiger partial charge in [-0.3, -0.25) is 4.90 Å². The fourth-order valence-electron chi connectivity index (χ4n) is 3.16. The van der Waals surface area contributed by atoms with Crippen molar-refractivity contribution in [1.29, 1.82) is 0 Å². The van der Waals surface area contributed by atoms with E-state index in [1.165, 1.54) is 5.56 Å². The Kier molecular flexibility index (Phi) is 6.70. The number of hydrogen-bond donors (Lipinski definition) is 1. The van der Waals surface area contributed by atoms with Crippen molar-refractivity contribution in [3.63, 3.8) is 0 Å². The Morgan fingerprint density at radius 1 is 1.12 bits per heavy atom. The average molecular weight is 361 g/mol. The summed E-state index contributed by atoms with van der Waals surface area (Å²) in [5.74, 6) is 0.883. The van der Waals surface area contributed by atoms with Crippen LogP contribution in [0.5, 0.6) is 5.75 Å². The first kappa shape index (κ1) is 18.2. The number of benzene rings is 2. The lowest BCUT2D eigenvalue weighted by Gasteiger charge is -2.35. The van der Waals surface area contributed by atoms with E-state index in [4.69, 9.17) is 21.1 Å². The van der Waals surface area contributed by atoms with Crippen LogP contribution in [-0.4, -0.2) is 44.9 Å². The average Bonchev–Trinajstić information content (AvgIpc) is 2.67. The highest BCUT2D eigenvalue weighted by molar-refractivity contribution is 6.31. The van der Waals surface area contributed by atoms with E-state index >= 15 is 0 Å². The first-order valence-corrected chi connectivity index (χ1v) is 9.05. The van der Waals surface area contributed by atoms with Crippen LogP contribution in [0.1, 0.15) is 17.2 Å². The van der Waals surface area contributed by atoms with Crippen LogP contribution in [0.15, 0.2) is 48.5 Å². The molecule has 134 valence electrons. The number of ether oxygens (including phenoxy) is 2. The molecule has 3 rings (SSSR count). The lowest BCUT2D eigenvalue weighted by Crippen LogP contribution is -2.42. The van der Waals surface area contributed by atoms with E-state index in [-0.39, 0.29) is 0 Å². The van der Waals surface area contributed by atoms with Gasteiger partial charge in [0.15, 0.2) is 0 Å². The van der Waals surface area contributed by atoms with Gasteiger partial charge in [-0.2, -0.15) is 0 Å². The van der Waals surface area contributed by atoms with E-state index in [0.717, 1.165) is 55.7 Å². The van der Waals surface area contributed by atoms with E-state index in [9.17, 15) is 0 Å². The highest BCUT2D eigenvalue weighted by Crippen LogP contribution is 2.24. The molecule has 0 spiro atoms. The molecule has 0 bridgehead atoms. The first-order chi connectivity index (χ1) is 12.3. The summed E-state index contributed by atoms with van der Waals surface area (Å²) in [5.41, 5.74) is 2.41. The summed E-state index contributed by atoms with van der Waals surface area (Å²) < 4.78 is 10.8. The second-order valence-electron chi connectivity index (χ2n) is 6.16. The predicted molar refractivity (Wildman–Crippen MR) is 101 cm³/mol. The molecule has 1 atom stereocenters. The molecule has 0 aliphatic carbocycles. The molecule has 2 aromatic carbocycles. The molecule has 0 amide bonds. The van der Waals surface area contributed by atoms with Crippen molar-refractivity contribution < 1.29 is 9.47 Å². The Labute approximate surface area is 154 Å². The highest BCUT2D eigenvalue weighted by atomic mass is 35.5. The van der Waals surface area contributed by atoms with E-state index < -0.39 is 0 Å². The zero-order chi connectivity index (χ0) is 17.5. The van der Waals surface area contributed by atoms with E-state index in [1.807, 2.05) is 30.3 Å². The lowest BCUT2D eigenvalue weighted by molar-refractivity contribution is 0.0161. The summed E-state index contributed by atoms with van der Waals surface area (Å²) in [7, 11) is 1.69. The summed E-state index contributed by atoms with van der Waals surface area (Å²) in [6.07, 6.45) is 0. The van der Waals surface area contributed by atoms with Crippen molar-refractivity contribution in [3.05, 3.63) is 64.7 Å². The third-order valence-electron chi connectivity index (χ3n) is 4.60. The summed E-state index contributed by atoms with van der Waals surface area (Å²) in [4.78, 5) is 2.48. The molecule has 1 fully saturated rings. The second-order valence-corrected chi connectivity index (χ2v) is 6.57. The van der Waals surface area contributed by atoms with Gasteiger partial charge in [-0.1, -0.05) is 41.9 Å². The Hall–Kier alpha value is -1.59. The maximum absolute atomic E-state index is 6.26. The third kappa shape index (κ3) is 4.95. The first-order valence-electron chi connectivity index (χ1n) is 8.68. The van der Waals surface area contributed by atoms with Gasteiger partial charge >= 0.3 is 0 Å². The van der Waals surface area contributed by atoms with Crippen LogP contribution in [0.3, 0.4) is 0 Å². The highest BCUT2D eigenvalue weighted by Gasteiger charge is 2.22. The van der Waals surface area contributed by atoms with Crippen LogP contribution in [0.2, 0.25) is 5.02 Å². The van der Waals surface area contributed by atoms with Gasteiger partial charge in [-0.05, 0) is 29.3 Å². The number of morpholine rings is 1. The molecule has 0 radical (unpaired) electrons. The molecule has 1 N–H and O–H groups in total. The number of rotatable bonds is 7. The molecular formula is C20H25ClN2O2. The van der Waals surface area contributed by atoms with Gasteiger partial charge in [-0.25, -0.2) is 0 Å². The minimum atomic E-state index is 0.303. The molecule has 1 aliphatic heterocycles. The Morgan fingerprint density at radius 2 is 1.84 bits per heavy atom. The normalized spacial score (nSPS) is 16.6. The van der Waals surface area contributed by atoms with Crippen LogP contribution in [0, 0.1) is 0 Å². The molecular weight excluding hydrogens is 336 g/mol. The van der Waals surface area contributed by atoms with Gasteiger partial charge in [0, 0.05) is 37.2 Å². The molecule has 0 saturated carbocycles. The number of halogens is 1. The SMILES string of the molecule is COc1ccc([C@H](CNCc2ccccc2Cl)N2CCOCC2)cc1. The molecule has 0 unspecified atom stereocenters. The number of nitrogens with zero attached hydrogens (tertiary/aromatic N) is 1. The number of methoxy groups -OCH3 is 1. The topological polar surface area (TPSA) is 33.7 Å². The molecule has 2 aromatic rings. The minimum absolute atomic E-state index is 0.303. The van der Waals surface area contributed by atoms with Gasteiger partial charge < -0.3 is 14.8 Å². The largest absolute Gasteiger partial charge is 0.497 e. The van der Waals surface area contributed by atoms with Crippen LogP contribution in [-0.2, 0) is 11.3 Å². The van der Waals surface area contributed by atoms with Gasteiger partial charge in [-0.15, -0.1) is 0 Å². The Balaban J connectivity index is 1.68. The summed E-state index contributed by atoms with van der Waals surface area (Å²) >= 11 is 6.26. The van der Waals surface area contributed by atoms with Crippen LogP contribution < -0.4 is 10.1 Å². The van der Waals surface area contributed by atoms with Crippen molar-refractivity contribution in [2.45, 2.75) is 12.6 Å². The monoisotopic (exact) mass is 360 g/mol. The lowest BCUT2D eigenvalue weighted by atomic mass is 10.0. The molecule has 5 heteroatoms. The standard InChI is InChI=1S/C20H25ClN2O2/c1-24-18-8-6-16(7-9-18)20(23-10-12-25-13-11-23)15-22-14-17-4-2-3-5-19(17)21/h2-9,20,22H,10-15H2,1H3/t20-/m0/s1. The Bertz CT molecular complexity index is 657. The van der Waals surface area contributed by atoms with Gasteiger partial charge in [0.05, 0.1) is 20.3 Å². The fourth-order valence-corrected chi connectivity index (χ4v) is 3.36. The van der Waals surface area contributed by atoms with Gasteiger partial charge in [0.2, 0.25) is 0 Å². The molecule has 4 nitrogen and oxygen atoms in total. The minimum Gasteiger partial charge on any atom is -0.497 e. The number of nitrogens with one attached hydrogen (secondary N) is 1. The van der Waals surface area contributed by atoms with Crippen molar-refractivity contribution in [1.82, 2.24) is 10.2 Å². The van der Waals surface area contributed by atoms with Crippen LogP contribution in [0.4, 0.5) is 0 Å². The van der Waals surface area contributed by atoms with E-state index in [1.54, 1.807) is 7.11 Å². The second kappa shape index (κ2) is 9.20. The molecule has 25 heavy (non-hydrogen) atoms. The Morgan fingerprint density at radius 3 is 2.52 bits per heavy atom. The maximum atomic E-state index is 6.26. The van der Waals surface area contributed by atoms with Crippen molar-refractivity contribution in [3.8, 4) is 5.75 Å². The smallest absolute Gasteiger partial charge is 0.118 e. The van der Waals surface area contributed by atoms with Crippen molar-refractivity contribution in [2.24, 2.45) is 0 Å². The maximum Gasteiger partial charge on any atom is 0.118 e. The summed E-state index contributed by atoms with van der Waals surface area (Å²) in [5, 5.41) is 4.38. The van der Waals surface area contributed by atoms with E-state index in [2.05, 4.69) is 28.4 Å². The zero-order valence-electron chi connectivity index (χ0n) is 14.6. The number of hydrogen-bond acceptors (Lipinski definition) is 4. The van der Waals surface area contributed by atoms with Crippen molar-refractivity contribution in [2.75, 3.05) is 40.0 Å². The van der Waals surface area contributed by atoms with Crippen LogP contribution in [0.25, 0.3) is 0 Å².